The van der Waals surface area contributed by atoms with E-state index in [-0.39, 0.29) is 18.1 Å². The molecule has 0 spiro atoms. The average Bonchev–Trinajstić information content (AvgIpc) is 2.25. The third-order valence-electron chi connectivity index (χ3n) is 2.60. The molecule has 0 aromatic heterocycles. The van der Waals surface area contributed by atoms with Crippen molar-refractivity contribution in [2.24, 2.45) is 5.92 Å². The van der Waals surface area contributed by atoms with Crippen LogP contribution in [0.4, 0.5) is 4.79 Å². The van der Waals surface area contributed by atoms with Gasteiger partial charge < -0.3 is 20.1 Å². The van der Waals surface area contributed by atoms with E-state index in [1.54, 1.807) is 27.7 Å². The molecule has 0 rings (SSSR count). The Labute approximate surface area is 121 Å². The van der Waals surface area contributed by atoms with E-state index in [0.29, 0.717) is 6.54 Å². The highest BCUT2D eigenvalue weighted by Gasteiger charge is 2.28. The highest BCUT2D eigenvalue weighted by atomic mass is 16.6. The monoisotopic (exact) mass is 288 g/mol. The molecular formula is C14H28N2O4. The zero-order valence-corrected chi connectivity index (χ0v) is 13.6. The Hall–Kier alpha value is -1.30. The van der Waals surface area contributed by atoms with Gasteiger partial charge in [-0.25, -0.2) is 4.79 Å². The van der Waals surface area contributed by atoms with Crippen LogP contribution in [0.3, 0.4) is 0 Å². The molecule has 0 radical (unpaired) electrons. The smallest absolute Gasteiger partial charge is 0.407 e. The second-order valence-corrected chi connectivity index (χ2v) is 6.13. The molecule has 0 bridgehead atoms. The number of rotatable bonds is 6. The Morgan fingerprint density at radius 3 is 2.10 bits per heavy atom. The summed E-state index contributed by atoms with van der Waals surface area (Å²) in [5.41, 5.74) is -0.569. The van der Waals surface area contributed by atoms with Crippen LogP contribution >= 0.6 is 0 Å². The van der Waals surface area contributed by atoms with Crippen molar-refractivity contribution in [1.82, 2.24) is 10.6 Å². The number of methoxy groups -OCH3 is 1. The zero-order chi connectivity index (χ0) is 15.9. The van der Waals surface area contributed by atoms with Crippen molar-refractivity contribution >= 4 is 12.1 Å². The van der Waals surface area contributed by atoms with Crippen LogP contribution in [0.25, 0.3) is 0 Å². The molecule has 2 unspecified atom stereocenters. The SMILES string of the molecule is COC(=O)C(CNC(C)C)C(C)NC(=O)OC(C)(C)C. The molecule has 6 heteroatoms. The van der Waals surface area contributed by atoms with Gasteiger partial charge in [0.15, 0.2) is 0 Å². The van der Waals surface area contributed by atoms with E-state index in [1.807, 2.05) is 13.8 Å². The van der Waals surface area contributed by atoms with Gasteiger partial charge in [0, 0.05) is 18.6 Å². The summed E-state index contributed by atoms with van der Waals surface area (Å²) >= 11 is 0. The summed E-state index contributed by atoms with van der Waals surface area (Å²) in [4.78, 5) is 23.5. The normalized spacial score (nSPS) is 14.6. The molecule has 0 aliphatic carbocycles. The molecule has 1 amide bonds. The van der Waals surface area contributed by atoms with Crippen LogP contribution in [0.5, 0.6) is 0 Å². The van der Waals surface area contributed by atoms with Crippen molar-refractivity contribution in [2.45, 2.75) is 59.2 Å². The quantitative estimate of drug-likeness (QED) is 0.727. The Morgan fingerprint density at radius 2 is 1.70 bits per heavy atom. The van der Waals surface area contributed by atoms with Gasteiger partial charge in [0.1, 0.15) is 5.60 Å². The van der Waals surface area contributed by atoms with Gasteiger partial charge in [-0.2, -0.15) is 0 Å². The van der Waals surface area contributed by atoms with Crippen LogP contribution in [-0.2, 0) is 14.3 Å². The third-order valence-corrected chi connectivity index (χ3v) is 2.60. The standard InChI is InChI=1S/C14H28N2O4/c1-9(2)15-8-11(12(17)19-7)10(3)16-13(18)20-14(4,5)6/h9-11,15H,8H2,1-7H3,(H,16,18). The lowest BCUT2D eigenvalue weighted by Crippen LogP contribution is -2.48. The van der Waals surface area contributed by atoms with Crippen LogP contribution < -0.4 is 10.6 Å². The van der Waals surface area contributed by atoms with E-state index in [0.717, 1.165) is 0 Å². The Morgan fingerprint density at radius 1 is 1.15 bits per heavy atom. The Balaban J connectivity index is 4.58. The van der Waals surface area contributed by atoms with Crippen molar-refractivity contribution in [3.05, 3.63) is 0 Å². The lowest BCUT2D eigenvalue weighted by atomic mass is 10.0. The number of amides is 1. The summed E-state index contributed by atoms with van der Waals surface area (Å²) in [7, 11) is 1.34. The minimum Gasteiger partial charge on any atom is -0.469 e. The molecule has 2 atom stereocenters. The largest absolute Gasteiger partial charge is 0.469 e. The minimum absolute atomic E-state index is 0.246. The van der Waals surface area contributed by atoms with Crippen LogP contribution in [0.2, 0.25) is 0 Å². The highest BCUT2D eigenvalue weighted by Crippen LogP contribution is 2.10. The lowest BCUT2D eigenvalue weighted by Gasteiger charge is -2.26. The predicted octanol–water partition coefficient (Wildman–Crippen LogP) is 1.69. The predicted molar refractivity (Wildman–Crippen MR) is 77.5 cm³/mol. The first kappa shape index (κ1) is 18.7. The second-order valence-electron chi connectivity index (χ2n) is 6.13. The Kier molecular flexibility index (Phi) is 7.57. The second kappa shape index (κ2) is 8.09. The van der Waals surface area contributed by atoms with E-state index >= 15 is 0 Å². The molecular weight excluding hydrogens is 260 g/mol. The molecule has 0 aliphatic heterocycles. The van der Waals surface area contributed by atoms with Gasteiger partial charge in [-0.1, -0.05) is 13.8 Å². The van der Waals surface area contributed by atoms with E-state index in [9.17, 15) is 9.59 Å². The van der Waals surface area contributed by atoms with Crippen molar-refractivity contribution in [3.63, 3.8) is 0 Å². The molecule has 0 aromatic rings. The van der Waals surface area contributed by atoms with Crippen molar-refractivity contribution in [1.29, 1.82) is 0 Å². The first-order valence-electron chi connectivity index (χ1n) is 6.87. The molecule has 0 aliphatic rings. The fourth-order valence-corrected chi connectivity index (χ4v) is 1.57. The molecule has 0 aromatic carbocycles. The van der Waals surface area contributed by atoms with E-state index in [1.165, 1.54) is 7.11 Å². The molecule has 0 heterocycles. The van der Waals surface area contributed by atoms with Crippen molar-refractivity contribution < 1.29 is 19.1 Å². The molecule has 2 N–H and O–H groups in total. The molecule has 20 heavy (non-hydrogen) atoms. The minimum atomic E-state index is -0.569. The summed E-state index contributed by atoms with van der Waals surface area (Å²) in [6, 6.07) is -0.139. The van der Waals surface area contributed by atoms with E-state index in [2.05, 4.69) is 10.6 Å². The summed E-state index contributed by atoms with van der Waals surface area (Å²) in [5, 5.41) is 5.84. The summed E-state index contributed by atoms with van der Waals surface area (Å²) in [5.74, 6) is -0.823. The summed E-state index contributed by atoms with van der Waals surface area (Å²) in [6.45, 7) is 11.5. The molecule has 0 saturated carbocycles. The number of carbonyl (C=O) groups excluding carboxylic acids is 2. The van der Waals surface area contributed by atoms with Gasteiger partial charge in [-0.05, 0) is 27.7 Å². The van der Waals surface area contributed by atoms with Gasteiger partial charge >= 0.3 is 12.1 Å². The average molecular weight is 288 g/mol. The van der Waals surface area contributed by atoms with Gasteiger partial charge in [0.05, 0.1) is 13.0 Å². The van der Waals surface area contributed by atoms with Crippen LogP contribution in [0.1, 0.15) is 41.5 Å². The van der Waals surface area contributed by atoms with Crippen LogP contribution in [0, 0.1) is 5.92 Å². The van der Waals surface area contributed by atoms with Gasteiger partial charge in [0.25, 0.3) is 0 Å². The number of carbonyl (C=O) groups is 2. The Bertz CT molecular complexity index is 324. The number of hydrogen-bond donors (Lipinski definition) is 2. The number of esters is 1. The highest BCUT2D eigenvalue weighted by molar-refractivity contribution is 5.75. The summed E-state index contributed by atoms with van der Waals surface area (Å²) in [6.07, 6.45) is -0.538. The lowest BCUT2D eigenvalue weighted by molar-refractivity contribution is -0.146. The fraction of sp³-hybridized carbons (Fsp3) is 0.857. The number of alkyl carbamates (subject to hydrolysis) is 1. The van der Waals surface area contributed by atoms with Crippen LogP contribution in [0.15, 0.2) is 0 Å². The maximum atomic E-state index is 11.8. The summed E-state index contributed by atoms with van der Waals surface area (Å²) < 4.78 is 9.95. The molecule has 118 valence electrons. The van der Waals surface area contributed by atoms with Gasteiger partial charge in [-0.15, -0.1) is 0 Å². The van der Waals surface area contributed by atoms with E-state index in [4.69, 9.17) is 9.47 Å². The molecule has 0 fully saturated rings. The zero-order valence-electron chi connectivity index (χ0n) is 13.6. The van der Waals surface area contributed by atoms with Crippen molar-refractivity contribution in [2.75, 3.05) is 13.7 Å². The maximum Gasteiger partial charge on any atom is 0.407 e. The number of hydrogen-bond acceptors (Lipinski definition) is 5. The number of nitrogens with one attached hydrogen (secondary N) is 2. The topological polar surface area (TPSA) is 76.7 Å². The number of ether oxygens (including phenoxy) is 2. The fourth-order valence-electron chi connectivity index (χ4n) is 1.57. The first-order chi connectivity index (χ1) is 9.06. The van der Waals surface area contributed by atoms with Crippen LogP contribution in [-0.4, -0.2) is 43.4 Å². The van der Waals surface area contributed by atoms with E-state index < -0.39 is 17.6 Å². The maximum absolute atomic E-state index is 11.8. The first-order valence-corrected chi connectivity index (χ1v) is 6.87. The van der Waals surface area contributed by atoms with Gasteiger partial charge in [0.2, 0.25) is 0 Å². The molecule has 0 saturated heterocycles. The third kappa shape index (κ3) is 7.99. The van der Waals surface area contributed by atoms with Crippen molar-refractivity contribution in [3.8, 4) is 0 Å². The van der Waals surface area contributed by atoms with Gasteiger partial charge in [-0.3, -0.25) is 4.79 Å². The molecule has 6 nitrogen and oxygen atoms in total.